The SMILES string of the molecule is c1ccc(Oc2ccnc(-c3cc4c(cn3)c3ccccc3n4-c3ccccn3)c2)nc1. The van der Waals surface area contributed by atoms with Crippen molar-refractivity contribution in [3.05, 3.63) is 104 Å². The average Bonchev–Trinajstić information content (AvgIpc) is 3.19. The van der Waals surface area contributed by atoms with Gasteiger partial charge in [-0.15, -0.1) is 0 Å². The Labute approximate surface area is 183 Å². The van der Waals surface area contributed by atoms with E-state index in [1.54, 1.807) is 18.6 Å². The lowest BCUT2D eigenvalue weighted by molar-refractivity contribution is 0.462. The standard InChI is InChI=1S/C26H17N5O/c1-2-8-23-19(7-1)20-17-30-22(16-24(20)31(23)25-9-3-5-12-28-25)21-15-18(11-14-27-21)32-26-10-4-6-13-29-26/h1-17H. The van der Waals surface area contributed by atoms with Crippen molar-refractivity contribution in [1.82, 2.24) is 24.5 Å². The Hall–Kier alpha value is -4.58. The van der Waals surface area contributed by atoms with Crippen LogP contribution in [0.4, 0.5) is 0 Å². The highest BCUT2D eigenvalue weighted by Crippen LogP contribution is 2.33. The van der Waals surface area contributed by atoms with Gasteiger partial charge in [0, 0.05) is 47.7 Å². The number of nitrogens with zero attached hydrogens (tertiary/aromatic N) is 5. The lowest BCUT2D eigenvalue weighted by atomic mass is 10.1. The van der Waals surface area contributed by atoms with Gasteiger partial charge in [-0.2, -0.15) is 0 Å². The predicted octanol–water partition coefficient (Wildman–Crippen LogP) is 5.82. The highest BCUT2D eigenvalue weighted by molar-refractivity contribution is 6.09. The molecule has 0 radical (unpaired) electrons. The number of hydrogen-bond acceptors (Lipinski definition) is 5. The average molecular weight is 415 g/mol. The molecule has 0 amide bonds. The van der Waals surface area contributed by atoms with Crippen LogP contribution in [0.2, 0.25) is 0 Å². The molecule has 0 fully saturated rings. The predicted molar refractivity (Wildman–Crippen MR) is 124 cm³/mol. The third-order valence-corrected chi connectivity index (χ3v) is 5.29. The van der Waals surface area contributed by atoms with Gasteiger partial charge in [0.05, 0.1) is 22.4 Å². The second-order valence-corrected chi connectivity index (χ2v) is 7.27. The molecule has 0 saturated carbocycles. The highest BCUT2D eigenvalue weighted by Gasteiger charge is 2.15. The number of hydrogen-bond donors (Lipinski definition) is 0. The first-order chi connectivity index (χ1) is 15.9. The number of ether oxygens (including phenoxy) is 1. The quantitative estimate of drug-likeness (QED) is 0.363. The minimum absolute atomic E-state index is 0.531. The fourth-order valence-electron chi connectivity index (χ4n) is 3.88. The molecule has 0 spiro atoms. The second-order valence-electron chi connectivity index (χ2n) is 7.27. The zero-order valence-electron chi connectivity index (χ0n) is 17.0. The summed E-state index contributed by atoms with van der Waals surface area (Å²) in [6.07, 6.45) is 7.12. The number of para-hydroxylation sites is 1. The number of pyridine rings is 4. The third-order valence-electron chi connectivity index (χ3n) is 5.29. The van der Waals surface area contributed by atoms with Crippen molar-refractivity contribution in [3.8, 4) is 28.8 Å². The van der Waals surface area contributed by atoms with Gasteiger partial charge in [0.15, 0.2) is 0 Å². The van der Waals surface area contributed by atoms with Gasteiger partial charge in [0.25, 0.3) is 0 Å². The largest absolute Gasteiger partial charge is 0.439 e. The Bertz CT molecular complexity index is 1550. The molecule has 6 heteroatoms. The minimum Gasteiger partial charge on any atom is -0.439 e. The van der Waals surface area contributed by atoms with E-state index in [0.29, 0.717) is 11.6 Å². The Morgan fingerprint density at radius 3 is 2.25 bits per heavy atom. The van der Waals surface area contributed by atoms with Crippen LogP contribution >= 0.6 is 0 Å². The molecule has 6 rings (SSSR count). The first kappa shape index (κ1) is 18.2. The van der Waals surface area contributed by atoms with Crippen molar-refractivity contribution in [2.24, 2.45) is 0 Å². The molecule has 32 heavy (non-hydrogen) atoms. The smallest absolute Gasteiger partial charge is 0.219 e. The van der Waals surface area contributed by atoms with E-state index in [9.17, 15) is 0 Å². The maximum atomic E-state index is 5.87. The van der Waals surface area contributed by atoms with Crippen molar-refractivity contribution in [1.29, 1.82) is 0 Å². The lowest BCUT2D eigenvalue weighted by Gasteiger charge is -2.08. The van der Waals surface area contributed by atoms with Crippen LogP contribution in [0, 0.1) is 0 Å². The summed E-state index contributed by atoms with van der Waals surface area (Å²) >= 11 is 0. The van der Waals surface area contributed by atoms with Crippen LogP contribution in [0.25, 0.3) is 39.0 Å². The summed E-state index contributed by atoms with van der Waals surface area (Å²) in [5, 5.41) is 2.20. The molecular formula is C26H17N5O. The molecular weight excluding hydrogens is 398 g/mol. The molecule has 6 aromatic rings. The van der Waals surface area contributed by atoms with Gasteiger partial charge < -0.3 is 4.74 Å². The lowest BCUT2D eigenvalue weighted by Crippen LogP contribution is -1.97. The van der Waals surface area contributed by atoms with Crippen LogP contribution in [0.5, 0.6) is 11.6 Å². The fourth-order valence-corrected chi connectivity index (χ4v) is 3.88. The number of aromatic nitrogens is 5. The van der Waals surface area contributed by atoms with E-state index >= 15 is 0 Å². The maximum absolute atomic E-state index is 5.87. The number of fused-ring (bicyclic) bond motifs is 3. The van der Waals surface area contributed by atoms with Gasteiger partial charge in [-0.05, 0) is 36.4 Å². The Morgan fingerprint density at radius 1 is 0.594 bits per heavy atom. The molecule has 0 N–H and O–H groups in total. The third kappa shape index (κ3) is 3.15. The van der Waals surface area contributed by atoms with Crippen molar-refractivity contribution in [2.75, 3.05) is 0 Å². The Balaban J connectivity index is 1.50. The van der Waals surface area contributed by atoms with Crippen LogP contribution in [0.15, 0.2) is 104 Å². The molecule has 0 aliphatic carbocycles. The molecule has 5 aromatic heterocycles. The van der Waals surface area contributed by atoms with E-state index in [1.165, 1.54) is 0 Å². The van der Waals surface area contributed by atoms with Gasteiger partial charge in [0.2, 0.25) is 5.88 Å². The molecule has 0 saturated heterocycles. The van der Waals surface area contributed by atoms with E-state index in [1.807, 2.05) is 66.9 Å². The zero-order chi connectivity index (χ0) is 21.3. The first-order valence-corrected chi connectivity index (χ1v) is 10.2. The Morgan fingerprint density at radius 2 is 1.41 bits per heavy atom. The maximum Gasteiger partial charge on any atom is 0.219 e. The summed E-state index contributed by atoms with van der Waals surface area (Å²) in [6.45, 7) is 0. The van der Waals surface area contributed by atoms with E-state index < -0.39 is 0 Å². The van der Waals surface area contributed by atoms with E-state index in [4.69, 9.17) is 9.72 Å². The van der Waals surface area contributed by atoms with Gasteiger partial charge in [0.1, 0.15) is 11.6 Å². The number of benzene rings is 1. The van der Waals surface area contributed by atoms with Crippen LogP contribution in [0.1, 0.15) is 0 Å². The first-order valence-electron chi connectivity index (χ1n) is 10.2. The molecule has 6 nitrogen and oxygen atoms in total. The molecule has 1 aromatic carbocycles. The van der Waals surface area contributed by atoms with Crippen LogP contribution < -0.4 is 4.74 Å². The fraction of sp³-hybridized carbons (Fsp3) is 0. The number of rotatable bonds is 4. The molecule has 0 bridgehead atoms. The van der Waals surface area contributed by atoms with Gasteiger partial charge in [-0.25, -0.2) is 9.97 Å². The molecule has 0 unspecified atom stereocenters. The molecule has 0 aliphatic heterocycles. The minimum atomic E-state index is 0.531. The van der Waals surface area contributed by atoms with Crippen molar-refractivity contribution >= 4 is 21.8 Å². The van der Waals surface area contributed by atoms with Crippen LogP contribution in [-0.2, 0) is 0 Å². The zero-order valence-corrected chi connectivity index (χ0v) is 17.0. The van der Waals surface area contributed by atoms with E-state index in [-0.39, 0.29) is 0 Å². The van der Waals surface area contributed by atoms with E-state index in [0.717, 1.165) is 39.0 Å². The summed E-state index contributed by atoms with van der Waals surface area (Å²) in [7, 11) is 0. The monoisotopic (exact) mass is 415 g/mol. The molecule has 5 heterocycles. The molecule has 0 atom stereocenters. The van der Waals surface area contributed by atoms with Crippen LogP contribution in [0.3, 0.4) is 0 Å². The van der Waals surface area contributed by atoms with E-state index in [2.05, 4.69) is 37.7 Å². The second kappa shape index (κ2) is 7.59. The summed E-state index contributed by atoms with van der Waals surface area (Å²) in [4.78, 5) is 18.0. The van der Waals surface area contributed by atoms with Crippen molar-refractivity contribution in [3.63, 3.8) is 0 Å². The van der Waals surface area contributed by atoms with Crippen molar-refractivity contribution < 1.29 is 4.74 Å². The summed E-state index contributed by atoms with van der Waals surface area (Å²) < 4.78 is 8.03. The van der Waals surface area contributed by atoms with Gasteiger partial charge in [-0.1, -0.05) is 30.3 Å². The molecule has 0 aliphatic rings. The normalized spacial score (nSPS) is 11.1. The van der Waals surface area contributed by atoms with Gasteiger partial charge in [-0.3, -0.25) is 14.5 Å². The summed E-state index contributed by atoms with van der Waals surface area (Å²) in [5.41, 5.74) is 3.58. The van der Waals surface area contributed by atoms with Gasteiger partial charge >= 0.3 is 0 Å². The summed E-state index contributed by atoms with van der Waals surface area (Å²) in [6, 6.07) is 25.5. The summed E-state index contributed by atoms with van der Waals surface area (Å²) in [5.74, 6) is 2.04. The highest BCUT2D eigenvalue weighted by atomic mass is 16.5. The van der Waals surface area contributed by atoms with Crippen LogP contribution in [-0.4, -0.2) is 24.5 Å². The topological polar surface area (TPSA) is 65.7 Å². The Kier molecular flexibility index (Phi) is 4.32. The molecule has 152 valence electrons. The van der Waals surface area contributed by atoms with Crippen molar-refractivity contribution in [2.45, 2.75) is 0 Å².